The normalized spacial score (nSPS) is 15.6. The van der Waals surface area contributed by atoms with Crippen LogP contribution in [0, 0.1) is 6.92 Å². The molecule has 1 amide bonds. The molecule has 4 heteroatoms. The van der Waals surface area contributed by atoms with Gasteiger partial charge in [-0.3, -0.25) is 4.79 Å². The largest absolute Gasteiger partial charge is 0.336 e. The van der Waals surface area contributed by atoms with Crippen molar-refractivity contribution in [3.05, 3.63) is 53.6 Å². The van der Waals surface area contributed by atoms with Crippen molar-refractivity contribution < 1.29 is 4.79 Å². The molecule has 0 aliphatic carbocycles. The summed E-state index contributed by atoms with van der Waals surface area (Å²) in [6, 6.07) is 8.28. The summed E-state index contributed by atoms with van der Waals surface area (Å²) >= 11 is 0. The highest BCUT2D eigenvalue weighted by atomic mass is 16.2. The molecule has 116 valence electrons. The highest BCUT2D eigenvalue weighted by Crippen LogP contribution is 2.15. The van der Waals surface area contributed by atoms with Gasteiger partial charge in [-0.2, -0.15) is 0 Å². The smallest absolute Gasteiger partial charge is 0.289 e. The second-order valence-electron chi connectivity index (χ2n) is 6.01. The second-order valence-corrected chi connectivity index (χ2v) is 6.01. The van der Waals surface area contributed by atoms with Crippen LogP contribution in [0.25, 0.3) is 0 Å². The molecule has 2 heterocycles. The van der Waals surface area contributed by atoms with E-state index in [1.54, 1.807) is 6.20 Å². The van der Waals surface area contributed by atoms with Gasteiger partial charge < -0.3 is 9.47 Å². The molecule has 0 bridgehead atoms. The summed E-state index contributed by atoms with van der Waals surface area (Å²) in [6.07, 6.45) is 8.28. The van der Waals surface area contributed by atoms with Gasteiger partial charge >= 0.3 is 0 Å². The lowest BCUT2D eigenvalue weighted by Crippen LogP contribution is -2.34. The van der Waals surface area contributed by atoms with Gasteiger partial charge in [-0.25, -0.2) is 4.98 Å². The number of aromatic nitrogens is 2. The summed E-state index contributed by atoms with van der Waals surface area (Å²) in [7, 11) is 0. The fourth-order valence-corrected chi connectivity index (χ4v) is 3.02. The van der Waals surface area contributed by atoms with Crippen molar-refractivity contribution in [2.45, 2.75) is 39.2 Å². The molecule has 1 aromatic heterocycles. The minimum absolute atomic E-state index is 0.0699. The Kier molecular flexibility index (Phi) is 4.56. The Hall–Kier alpha value is -2.10. The number of nitrogens with zero attached hydrogens (tertiary/aromatic N) is 3. The van der Waals surface area contributed by atoms with Gasteiger partial charge in [-0.1, -0.05) is 37.1 Å². The van der Waals surface area contributed by atoms with Crippen LogP contribution < -0.4 is 0 Å². The molecule has 2 aromatic rings. The summed E-state index contributed by atoms with van der Waals surface area (Å²) in [5.74, 6) is 0.630. The van der Waals surface area contributed by atoms with Crippen molar-refractivity contribution in [3.8, 4) is 0 Å². The fourth-order valence-electron chi connectivity index (χ4n) is 3.02. The maximum Gasteiger partial charge on any atom is 0.289 e. The molecule has 0 unspecified atom stereocenters. The molecule has 1 aliphatic rings. The fraction of sp³-hybridized carbons (Fsp3) is 0.444. The van der Waals surface area contributed by atoms with Crippen LogP contribution in [0.15, 0.2) is 36.7 Å². The maximum absolute atomic E-state index is 12.8. The zero-order chi connectivity index (χ0) is 15.4. The minimum atomic E-state index is 0.0699. The number of likely N-dealkylation sites (tertiary alicyclic amines) is 1. The van der Waals surface area contributed by atoms with E-state index in [9.17, 15) is 4.79 Å². The van der Waals surface area contributed by atoms with Crippen LogP contribution in [0.3, 0.4) is 0 Å². The Bertz CT molecular complexity index is 639. The summed E-state index contributed by atoms with van der Waals surface area (Å²) in [5, 5.41) is 0. The van der Waals surface area contributed by atoms with E-state index in [4.69, 9.17) is 0 Å². The van der Waals surface area contributed by atoms with Gasteiger partial charge in [0.2, 0.25) is 0 Å². The number of hydrogen-bond acceptors (Lipinski definition) is 2. The molecule has 4 nitrogen and oxygen atoms in total. The average Bonchev–Trinajstić information content (AvgIpc) is 2.81. The molecule has 1 aromatic carbocycles. The standard InChI is InChI=1S/C18H23N3O/c1-15-8-4-5-9-16(15)14-21-13-10-19-17(21)18(22)20-11-6-2-3-7-12-20/h4-5,8-10,13H,2-3,6-7,11-12,14H2,1H3. The molecular formula is C18H23N3O. The topological polar surface area (TPSA) is 38.1 Å². The van der Waals surface area contributed by atoms with Gasteiger partial charge in [0.05, 0.1) is 0 Å². The van der Waals surface area contributed by atoms with Crippen LogP contribution in [0.5, 0.6) is 0 Å². The Morgan fingerprint density at radius 3 is 2.59 bits per heavy atom. The third kappa shape index (κ3) is 3.21. The van der Waals surface area contributed by atoms with E-state index < -0.39 is 0 Å². The predicted molar refractivity (Wildman–Crippen MR) is 86.9 cm³/mol. The average molecular weight is 297 g/mol. The number of rotatable bonds is 3. The van der Waals surface area contributed by atoms with E-state index in [1.165, 1.54) is 24.0 Å². The zero-order valence-electron chi connectivity index (χ0n) is 13.2. The summed E-state index contributed by atoms with van der Waals surface area (Å²) < 4.78 is 1.97. The van der Waals surface area contributed by atoms with Gasteiger partial charge in [0.15, 0.2) is 5.82 Å². The quantitative estimate of drug-likeness (QED) is 0.872. The number of hydrogen-bond donors (Lipinski definition) is 0. The van der Waals surface area contributed by atoms with E-state index >= 15 is 0 Å². The molecule has 22 heavy (non-hydrogen) atoms. The van der Waals surface area contributed by atoms with E-state index in [0.717, 1.165) is 25.9 Å². The van der Waals surface area contributed by atoms with Crippen LogP contribution in [0.1, 0.15) is 47.4 Å². The zero-order valence-corrected chi connectivity index (χ0v) is 13.2. The first-order valence-electron chi connectivity index (χ1n) is 8.10. The van der Waals surface area contributed by atoms with Crippen molar-refractivity contribution >= 4 is 5.91 Å². The van der Waals surface area contributed by atoms with Crippen molar-refractivity contribution in [2.24, 2.45) is 0 Å². The lowest BCUT2D eigenvalue weighted by molar-refractivity contribution is 0.0745. The van der Waals surface area contributed by atoms with Crippen LogP contribution >= 0.6 is 0 Å². The molecule has 3 rings (SSSR count). The maximum atomic E-state index is 12.8. The third-order valence-corrected chi connectivity index (χ3v) is 4.40. The Balaban J connectivity index is 1.79. The molecule has 0 spiro atoms. The molecule has 0 N–H and O–H groups in total. The number of aryl methyl sites for hydroxylation is 1. The second kappa shape index (κ2) is 6.77. The number of carbonyl (C=O) groups excluding carboxylic acids is 1. The minimum Gasteiger partial charge on any atom is -0.336 e. The summed E-state index contributed by atoms with van der Waals surface area (Å²) in [4.78, 5) is 19.0. The third-order valence-electron chi connectivity index (χ3n) is 4.40. The lowest BCUT2D eigenvalue weighted by atomic mass is 10.1. The van der Waals surface area contributed by atoms with Crippen LogP contribution in [-0.4, -0.2) is 33.4 Å². The van der Waals surface area contributed by atoms with Gasteiger partial charge in [-0.15, -0.1) is 0 Å². The number of amides is 1. The Labute approximate surface area is 131 Å². The molecule has 0 atom stereocenters. The molecule has 0 saturated carbocycles. The first-order valence-corrected chi connectivity index (χ1v) is 8.10. The van der Waals surface area contributed by atoms with Crippen molar-refractivity contribution in [3.63, 3.8) is 0 Å². The van der Waals surface area contributed by atoms with Crippen LogP contribution in [0.4, 0.5) is 0 Å². The van der Waals surface area contributed by atoms with E-state index in [2.05, 4.69) is 24.0 Å². The van der Waals surface area contributed by atoms with Crippen molar-refractivity contribution in [1.82, 2.24) is 14.5 Å². The SMILES string of the molecule is Cc1ccccc1Cn1ccnc1C(=O)N1CCCCCC1. The first kappa shape index (κ1) is 14.8. The predicted octanol–water partition coefficient (Wildman–Crippen LogP) is 3.26. The molecule has 1 aliphatic heterocycles. The van der Waals surface area contributed by atoms with Gasteiger partial charge in [0.25, 0.3) is 5.91 Å². The molecule has 0 radical (unpaired) electrons. The highest BCUT2D eigenvalue weighted by molar-refractivity contribution is 5.90. The Morgan fingerprint density at radius 2 is 1.86 bits per heavy atom. The summed E-state index contributed by atoms with van der Waals surface area (Å²) in [6.45, 7) is 4.51. The number of benzene rings is 1. The molecule has 1 fully saturated rings. The number of imidazole rings is 1. The van der Waals surface area contributed by atoms with Crippen LogP contribution in [-0.2, 0) is 6.54 Å². The van der Waals surface area contributed by atoms with Crippen molar-refractivity contribution in [1.29, 1.82) is 0 Å². The van der Waals surface area contributed by atoms with Crippen LogP contribution in [0.2, 0.25) is 0 Å². The van der Waals surface area contributed by atoms with E-state index in [1.807, 2.05) is 27.8 Å². The van der Waals surface area contributed by atoms with Gasteiger partial charge in [0, 0.05) is 32.0 Å². The summed E-state index contributed by atoms with van der Waals surface area (Å²) in [5.41, 5.74) is 2.47. The van der Waals surface area contributed by atoms with E-state index in [-0.39, 0.29) is 5.91 Å². The van der Waals surface area contributed by atoms with E-state index in [0.29, 0.717) is 12.4 Å². The highest BCUT2D eigenvalue weighted by Gasteiger charge is 2.21. The number of carbonyl (C=O) groups is 1. The van der Waals surface area contributed by atoms with Gasteiger partial charge in [-0.05, 0) is 30.9 Å². The monoisotopic (exact) mass is 297 g/mol. The molecule has 1 saturated heterocycles. The first-order chi connectivity index (χ1) is 10.8. The Morgan fingerprint density at radius 1 is 1.14 bits per heavy atom. The molecular weight excluding hydrogens is 274 g/mol. The van der Waals surface area contributed by atoms with Crippen molar-refractivity contribution in [2.75, 3.05) is 13.1 Å². The van der Waals surface area contributed by atoms with Gasteiger partial charge in [0.1, 0.15) is 0 Å². The lowest BCUT2D eigenvalue weighted by Gasteiger charge is -2.20.